The van der Waals surface area contributed by atoms with Gasteiger partial charge in [0.05, 0.1) is 19.8 Å². The Balaban J connectivity index is 2.49. The van der Waals surface area contributed by atoms with Crippen LogP contribution in [0.15, 0.2) is 24.3 Å². The molecular weight excluding hydrogens is 250 g/mol. The van der Waals surface area contributed by atoms with Crippen LogP contribution in [0, 0.1) is 0 Å². The Morgan fingerprint density at radius 2 is 1.75 bits per heavy atom. The normalized spacial score (nSPS) is 13.4. The number of nitrogens with one attached hydrogen (secondary N) is 1. The monoisotopic (exact) mass is 279 g/mol. The summed E-state index contributed by atoms with van der Waals surface area (Å²) in [6.45, 7) is 8.72. The van der Waals surface area contributed by atoms with Crippen molar-refractivity contribution in [2.45, 2.75) is 38.6 Å². The molecule has 1 rings (SSSR count). The van der Waals surface area contributed by atoms with Gasteiger partial charge in [0, 0.05) is 13.2 Å². The van der Waals surface area contributed by atoms with Gasteiger partial charge in [-0.05, 0) is 30.0 Å². The van der Waals surface area contributed by atoms with Crippen LogP contribution in [0.4, 0.5) is 0 Å². The molecule has 0 aliphatic carbocycles. The van der Waals surface area contributed by atoms with Crippen molar-refractivity contribution in [3.8, 4) is 0 Å². The molecule has 0 saturated carbocycles. The van der Waals surface area contributed by atoms with Crippen LogP contribution in [0.1, 0.15) is 31.9 Å². The lowest BCUT2D eigenvalue weighted by atomic mass is 9.86. The van der Waals surface area contributed by atoms with E-state index in [1.165, 1.54) is 11.1 Å². The summed E-state index contributed by atoms with van der Waals surface area (Å²) in [7, 11) is 3.67. The molecule has 114 valence electrons. The number of rotatable bonds is 8. The van der Waals surface area contributed by atoms with Gasteiger partial charge in [-0.25, -0.2) is 0 Å². The van der Waals surface area contributed by atoms with Crippen LogP contribution in [0.25, 0.3) is 0 Å². The Morgan fingerprint density at radius 1 is 1.10 bits per heavy atom. The summed E-state index contributed by atoms with van der Waals surface area (Å²) in [6.07, 6.45) is 0.980. The number of benzene rings is 1. The van der Waals surface area contributed by atoms with Crippen LogP contribution in [0.5, 0.6) is 0 Å². The molecule has 0 aliphatic heterocycles. The second-order valence-electron chi connectivity index (χ2n) is 6.20. The van der Waals surface area contributed by atoms with Gasteiger partial charge in [0.1, 0.15) is 0 Å². The topological polar surface area (TPSA) is 30.5 Å². The van der Waals surface area contributed by atoms with Crippen LogP contribution < -0.4 is 5.32 Å². The van der Waals surface area contributed by atoms with E-state index in [0.717, 1.165) is 6.42 Å². The molecule has 20 heavy (non-hydrogen) atoms. The standard InChI is InChI=1S/C17H29NO2/c1-17(2,3)15-8-6-14(7-9-15)12-16(18-4)13-20-11-10-19-5/h6-9,16,18H,10-13H2,1-5H3. The summed E-state index contributed by atoms with van der Waals surface area (Å²) in [5.41, 5.74) is 2.93. The lowest BCUT2D eigenvalue weighted by molar-refractivity contribution is 0.0598. The SMILES string of the molecule is CNC(COCCOC)Cc1ccc(C(C)(C)C)cc1. The van der Waals surface area contributed by atoms with Crippen molar-refractivity contribution >= 4 is 0 Å². The van der Waals surface area contributed by atoms with Crippen molar-refractivity contribution in [3.63, 3.8) is 0 Å². The van der Waals surface area contributed by atoms with Gasteiger partial charge in [-0.3, -0.25) is 0 Å². The van der Waals surface area contributed by atoms with Gasteiger partial charge in [-0.2, -0.15) is 0 Å². The van der Waals surface area contributed by atoms with Crippen LogP contribution in [0.3, 0.4) is 0 Å². The zero-order valence-corrected chi connectivity index (χ0v) is 13.5. The van der Waals surface area contributed by atoms with Gasteiger partial charge in [0.2, 0.25) is 0 Å². The van der Waals surface area contributed by atoms with Gasteiger partial charge in [-0.15, -0.1) is 0 Å². The number of methoxy groups -OCH3 is 1. The molecule has 3 nitrogen and oxygen atoms in total. The molecule has 0 amide bonds. The lowest BCUT2D eigenvalue weighted by Gasteiger charge is -2.20. The van der Waals surface area contributed by atoms with Crippen molar-refractivity contribution in [1.82, 2.24) is 5.32 Å². The van der Waals surface area contributed by atoms with Crippen molar-refractivity contribution < 1.29 is 9.47 Å². The summed E-state index contributed by atoms with van der Waals surface area (Å²) in [5.74, 6) is 0. The zero-order chi connectivity index (χ0) is 15.0. The third-order valence-electron chi connectivity index (χ3n) is 3.46. The lowest BCUT2D eigenvalue weighted by Crippen LogP contribution is -2.33. The Kier molecular flexibility index (Phi) is 7.20. The van der Waals surface area contributed by atoms with Crippen molar-refractivity contribution in [3.05, 3.63) is 35.4 Å². The molecule has 1 aromatic carbocycles. The first kappa shape index (κ1) is 17.2. The van der Waals surface area contributed by atoms with E-state index in [-0.39, 0.29) is 5.41 Å². The highest BCUT2D eigenvalue weighted by Gasteiger charge is 2.13. The average Bonchev–Trinajstić information content (AvgIpc) is 2.42. The van der Waals surface area contributed by atoms with Crippen LogP contribution in [-0.4, -0.2) is 40.0 Å². The second-order valence-corrected chi connectivity index (χ2v) is 6.20. The fourth-order valence-electron chi connectivity index (χ4n) is 2.04. The number of hydrogen-bond donors (Lipinski definition) is 1. The summed E-state index contributed by atoms with van der Waals surface area (Å²) < 4.78 is 10.6. The molecule has 0 radical (unpaired) electrons. The fourth-order valence-corrected chi connectivity index (χ4v) is 2.04. The van der Waals surface area contributed by atoms with E-state index < -0.39 is 0 Å². The molecule has 3 heteroatoms. The molecule has 0 aliphatic rings. The largest absolute Gasteiger partial charge is 0.382 e. The van der Waals surface area contributed by atoms with E-state index in [2.05, 4.69) is 50.4 Å². The van der Waals surface area contributed by atoms with Gasteiger partial charge in [0.25, 0.3) is 0 Å². The predicted octanol–water partition coefficient (Wildman–Crippen LogP) is 2.78. The van der Waals surface area contributed by atoms with E-state index in [1.807, 2.05) is 7.05 Å². The molecule has 0 bridgehead atoms. The molecule has 1 unspecified atom stereocenters. The second kappa shape index (κ2) is 8.40. The highest BCUT2D eigenvalue weighted by molar-refractivity contribution is 5.28. The minimum absolute atomic E-state index is 0.213. The molecule has 0 fully saturated rings. The van der Waals surface area contributed by atoms with Gasteiger partial charge >= 0.3 is 0 Å². The third-order valence-corrected chi connectivity index (χ3v) is 3.46. The van der Waals surface area contributed by atoms with Crippen LogP contribution in [-0.2, 0) is 21.3 Å². The van der Waals surface area contributed by atoms with E-state index >= 15 is 0 Å². The van der Waals surface area contributed by atoms with Crippen molar-refractivity contribution in [2.75, 3.05) is 34.0 Å². The third kappa shape index (κ3) is 6.04. The summed E-state index contributed by atoms with van der Waals surface area (Å²) >= 11 is 0. The molecule has 0 spiro atoms. The minimum Gasteiger partial charge on any atom is -0.382 e. The highest BCUT2D eigenvalue weighted by atomic mass is 16.5. The van der Waals surface area contributed by atoms with Gasteiger partial charge in [0.15, 0.2) is 0 Å². The van der Waals surface area contributed by atoms with E-state index in [9.17, 15) is 0 Å². The summed E-state index contributed by atoms with van der Waals surface area (Å²) in [6, 6.07) is 9.24. The number of hydrogen-bond acceptors (Lipinski definition) is 3. The predicted molar refractivity (Wildman–Crippen MR) is 84.4 cm³/mol. The molecule has 0 saturated heterocycles. The Hall–Kier alpha value is -0.900. The molecule has 0 heterocycles. The van der Waals surface area contributed by atoms with Gasteiger partial charge in [-0.1, -0.05) is 45.0 Å². The van der Waals surface area contributed by atoms with E-state index in [0.29, 0.717) is 25.9 Å². The van der Waals surface area contributed by atoms with E-state index in [1.54, 1.807) is 7.11 Å². The first-order valence-electron chi connectivity index (χ1n) is 7.30. The van der Waals surface area contributed by atoms with Crippen molar-refractivity contribution in [1.29, 1.82) is 0 Å². The molecular formula is C17H29NO2. The Bertz CT molecular complexity index is 368. The molecule has 0 aromatic heterocycles. The molecule has 1 atom stereocenters. The Labute approximate surface area is 123 Å². The van der Waals surface area contributed by atoms with Crippen LogP contribution >= 0.6 is 0 Å². The maximum atomic E-state index is 5.59. The number of likely N-dealkylation sites (N-methyl/N-ethyl adjacent to an activating group) is 1. The quantitative estimate of drug-likeness (QED) is 0.742. The zero-order valence-electron chi connectivity index (χ0n) is 13.5. The first-order valence-corrected chi connectivity index (χ1v) is 7.30. The van der Waals surface area contributed by atoms with E-state index in [4.69, 9.17) is 9.47 Å². The smallest absolute Gasteiger partial charge is 0.0701 e. The van der Waals surface area contributed by atoms with Gasteiger partial charge < -0.3 is 14.8 Å². The number of ether oxygens (including phenoxy) is 2. The van der Waals surface area contributed by atoms with Crippen molar-refractivity contribution in [2.24, 2.45) is 0 Å². The summed E-state index contributed by atoms with van der Waals surface area (Å²) in [5, 5.41) is 3.31. The maximum Gasteiger partial charge on any atom is 0.0701 e. The molecule has 1 N–H and O–H groups in total. The average molecular weight is 279 g/mol. The fraction of sp³-hybridized carbons (Fsp3) is 0.647. The molecule has 1 aromatic rings. The highest BCUT2D eigenvalue weighted by Crippen LogP contribution is 2.22. The van der Waals surface area contributed by atoms with Crippen LogP contribution in [0.2, 0.25) is 0 Å². The minimum atomic E-state index is 0.213. The maximum absolute atomic E-state index is 5.59. The Morgan fingerprint density at radius 3 is 2.25 bits per heavy atom. The first-order chi connectivity index (χ1) is 9.47. The summed E-state index contributed by atoms with van der Waals surface area (Å²) in [4.78, 5) is 0.